The van der Waals surface area contributed by atoms with Gasteiger partial charge < -0.3 is 10.4 Å². The molecule has 0 aliphatic carbocycles. The highest BCUT2D eigenvalue weighted by atomic mass is 35.5. The van der Waals surface area contributed by atoms with E-state index >= 15 is 0 Å². The first kappa shape index (κ1) is 15.8. The highest BCUT2D eigenvalue weighted by molar-refractivity contribution is 6.34. The molecule has 0 spiro atoms. The molecule has 8 heteroatoms. The summed E-state index contributed by atoms with van der Waals surface area (Å²) >= 11 is 11.6. The molecule has 1 unspecified atom stereocenters. The Kier molecular flexibility index (Phi) is 4.51. The van der Waals surface area contributed by atoms with Crippen molar-refractivity contribution in [2.45, 2.75) is 12.5 Å². The number of pyridine rings is 1. The maximum absolute atomic E-state index is 12.1. The molecule has 0 saturated heterocycles. The average Bonchev–Trinajstić information content (AvgIpc) is 2.86. The maximum atomic E-state index is 12.1. The van der Waals surface area contributed by atoms with E-state index < -0.39 is 11.5 Å². The fraction of sp³-hybridized carbons (Fsp3) is 0.308. The quantitative estimate of drug-likeness (QED) is 0.838. The molecule has 6 nitrogen and oxygen atoms in total. The third kappa shape index (κ3) is 3.72. The van der Waals surface area contributed by atoms with Crippen molar-refractivity contribution in [3.63, 3.8) is 0 Å². The first-order chi connectivity index (χ1) is 9.79. The first-order valence-electron chi connectivity index (χ1n) is 6.11. The van der Waals surface area contributed by atoms with Gasteiger partial charge in [0.15, 0.2) is 0 Å². The van der Waals surface area contributed by atoms with Crippen LogP contribution in [0.3, 0.4) is 0 Å². The summed E-state index contributed by atoms with van der Waals surface area (Å²) in [6.07, 6.45) is 3.22. The van der Waals surface area contributed by atoms with Crippen molar-refractivity contribution in [3.8, 4) is 0 Å². The van der Waals surface area contributed by atoms with Crippen LogP contribution in [-0.4, -0.2) is 32.3 Å². The minimum absolute atomic E-state index is 0.0119. The summed E-state index contributed by atoms with van der Waals surface area (Å²) < 4.78 is 1.57. The predicted octanol–water partition coefficient (Wildman–Crippen LogP) is 1.76. The van der Waals surface area contributed by atoms with E-state index in [1.54, 1.807) is 24.9 Å². The third-order valence-corrected chi connectivity index (χ3v) is 3.46. The molecule has 112 valence electrons. The number of aliphatic hydroxyl groups is 1. The van der Waals surface area contributed by atoms with E-state index in [0.717, 1.165) is 0 Å². The molecule has 0 bridgehead atoms. The number of halogens is 2. The number of amides is 1. The summed E-state index contributed by atoms with van der Waals surface area (Å²) in [5.74, 6) is -0.508. The molecule has 2 rings (SSSR count). The fourth-order valence-corrected chi connectivity index (χ4v) is 2.05. The number of aryl methyl sites for hydroxylation is 1. The standard InChI is InChI=1S/C13H14Cl2N4O2/c1-13(21,8-5-17-19(2)6-8)7-16-12(20)11-9(14)3-4-10(15)18-11/h3-6,21H,7H2,1-2H3,(H,16,20). The molecule has 0 fully saturated rings. The average molecular weight is 329 g/mol. The molecule has 21 heavy (non-hydrogen) atoms. The van der Waals surface area contributed by atoms with Gasteiger partial charge in [-0.15, -0.1) is 0 Å². The SMILES string of the molecule is Cn1cc(C(C)(O)CNC(=O)c2nc(Cl)ccc2Cl)cn1. The van der Waals surface area contributed by atoms with Gasteiger partial charge in [-0.1, -0.05) is 23.2 Å². The van der Waals surface area contributed by atoms with Crippen LogP contribution >= 0.6 is 23.2 Å². The van der Waals surface area contributed by atoms with Crippen molar-refractivity contribution in [2.75, 3.05) is 6.54 Å². The largest absolute Gasteiger partial charge is 0.383 e. The molecular formula is C13H14Cl2N4O2. The Hall–Kier alpha value is -1.63. The third-order valence-electron chi connectivity index (χ3n) is 2.95. The lowest BCUT2D eigenvalue weighted by Gasteiger charge is -2.22. The Bertz CT molecular complexity index is 670. The molecule has 1 amide bonds. The Morgan fingerprint density at radius 3 is 2.81 bits per heavy atom. The van der Waals surface area contributed by atoms with E-state index in [1.165, 1.54) is 18.3 Å². The lowest BCUT2D eigenvalue weighted by atomic mass is 10.00. The van der Waals surface area contributed by atoms with E-state index in [1.807, 2.05) is 0 Å². The summed E-state index contributed by atoms with van der Waals surface area (Å²) in [4.78, 5) is 15.9. The van der Waals surface area contributed by atoms with E-state index in [9.17, 15) is 9.90 Å². The number of carbonyl (C=O) groups excluding carboxylic acids is 1. The molecule has 2 heterocycles. The number of aromatic nitrogens is 3. The van der Waals surface area contributed by atoms with Crippen molar-refractivity contribution in [1.82, 2.24) is 20.1 Å². The number of hydrogen-bond acceptors (Lipinski definition) is 4. The summed E-state index contributed by atoms with van der Waals surface area (Å²) in [6.45, 7) is 1.57. The predicted molar refractivity (Wildman–Crippen MR) is 79.4 cm³/mol. The van der Waals surface area contributed by atoms with Crippen LogP contribution < -0.4 is 5.32 Å². The van der Waals surface area contributed by atoms with Crippen LogP contribution in [0.15, 0.2) is 24.5 Å². The van der Waals surface area contributed by atoms with Gasteiger partial charge in [0.2, 0.25) is 0 Å². The van der Waals surface area contributed by atoms with Crippen molar-refractivity contribution < 1.29 is 9.90 Å². The van der Waals surface area contributed by atoms with Crippen molar-refractivity contribution in [2.24, 2.45) is 7.05 Å². The number of nitrogens with one attached hydrogen (secondary N) is 1. The van der Waals surface area contributed by atoms with Gasteiger partial charge in [-0.25, -0.2) is 4.98 Å². The zero-order chi connectivity index (χ0) is 15.6. The Balaban J connectivity index is 2.08. The van der Waals surface area contributed by atoms with Gasteiger partial charge in [0.05, 0.1) is 17.8 Å². The van der Waals surface area contributed by atoms with Crippen LogP contribution in [-0.2, 0) is 12.6 Å². The van der Waals surface area contributed by atoms with Gasteiger partial charge in [-0.3, -0.25) is 9.48 Å². The van der Waals surface area contributed by atoms with E-state index in [-0.39, 0.29) is 22.4 Å². The van der Waals surface area contributed by atoms with Crippen molar-refractivity contribution in [1.29, 1.82) is 0 Å². The number of nitrogens with zero attached hydrogens (tertiary/aromatic N) is 3. The molecule has 1 atom stereocenters. The first-order valence-corrected chi connectivity index (χ1v) is 6.87. The van der Waals surface area contributed by atoms with Gasteiger partial charge >= 0.3 is 0 Å². The molecule has 0 aliphatic rings. The second-order valence-corrected chi connectivity index (χ2v) is 5.62. The van der Waals surface area contributed by atoms with Gasteiger partial charge in [-0.2, -0.15) is 5.10 Å². The van der Waals surface area contributed by atoms with Crippen LogP contribution in [0.25, 0.3) is 0 Å². The fourth-order valence-electron chi connectivity index (χ4n) is 1.72. The van der Waals surface area contributed by atoms with Gasteiger partial charge in [0, 0.05) is 18.8 Å². The Labute approximate surface area is 131 Å². The molecule has 2 aromatic rings. The summed E-state index contributed by atoms with van der Waals surface area (Å²) in [5, 5.41) is 17.3. The van der Waals surface area contributed by atoms with Crippen LogP contribution in [0.2, 0.25) is 10.2 Å². The lowest BCUT2D eigenvalue weighted by Crippen LogP contribution is -2.38. The molecule has 0 saturated carbocycles. The monoisotopic (exact) mass is 328 g/mol. The second-order valence-electron chi connectivity index (χ2n) is 4.82. The minimum Gasteiger partial charge on any atom is -0.383 e. The molecule has 0 aliphatic heterocycles. The smallest absolute Gasteiger partial charge is 0.271 e. The summed E-state index contributed by atoms with van der Waals surface area (Å²) in [6, 6.07) is 2.98. The van der Waals surface area contributed by atoms with Gasteiger partial charge in [0.25, 0.3) is 5.91 Å². The van der Waals surface area contributed by atoms with Crippen LogP contribution in [0.5, 0.6) is 0 Å². The second kappa shape index (κ2) is 6.01. The normalized spacial score (nSPS) is 13.8. The molecule has 2 N–H and O–H groups in total. The van der Waals surface area contributed by atoms with Crippen molar-refractivity contribution >= 4 is 29.1 Å². The molecule has 2 aromatic heterocycles. The molecule has 0 aromatic carbocycles. The van der Waals surface area contributed by atoms with Crippen LogP contribution in [0.1, 0.15) is 23.0 Å². The van der Waals surface area contributed by atoms with E-state index in [2.05, 4.69) is 15.4 Å². The maximum Gasteiger partial charge on any atom is 0.271 e. The van der Waals surface area contributed by atoms with Gasteiger partial charge in [-0.05, 0) is 19.1 Å². The van der Waals surface area contributed by atoms with Crippen molar-refractivity contribution in [3.05, 3.63) is 46.0 Å². The Morgan fingerprint density at radius 2 is 2.19 bits per heavy atom. The lowest BCUT2D eigenvalue weighted by molar-refractivity contribution is 0.0524. The Morgan fingerprint density at radius 1 is 1.48 bits per heavy atom. The number of hydrogen-bond donors (Lipinski definition) is 2. The minimum atomic E-state index is -1.25. The zero-order valence-corrected chi connectivity index (χ0v) is 13.0. The highest BCUT2D eigenvalue weighted by Gasteiger charge is 2.26. The summed E-state index contributed by atoms with van der Waals surface area (Å²) in [5.41, 5.74) is -0.642. The van der Waals surface area contributed by atoms with E-state index in [4.69, 9.17) is 23.2 Å². The number of rotatable bonds is 4. The van der Waals surface area contributed by atoms with Gasteiger partial charge in [0.1, 0.15) is 16.4 Å². The molecule has 0 radical (unpaired) electrons. The molecular weight excluding hydrogens is 315 g/mol. The summed E-state index contributed by atoms with van der Waals surface area (Å²) in [7, 11) is 1.74. The topological polar surface area (TPSA) is 80.0 Å². The highest BCUT2D eigenvalue weighted by Crippen LogP contribution is 2.20. The van der Waals surface area contributed by atoms with E-state index in [0.29, 0.717) is 5.56 Å². The number of carbonyl (C=O) groups is 1. The van der Waals surface area contributed by atoms with Crippen LogP contribution in [0.4, 0.5) is 0 Å². The zero-order valence-electron chi connectivity index (χ0n) is 11.5. The van der Waals surface area contributed by atoms with Crippen LogP contribution in [0, 0.1) is 0 Å².